The van der Waals surface area contributed by atoms with E-state index in [9.17, 15) is 9.59 Å². The zero-order chi connectivity index (χ0) is 21.0. The SMILES string of the molecule is COc1ccc(C(=O)N2CCC3(CC2)SCCN3C(=O)C=Cc2ccccc2)cc1. The molecule has 2 aliphatic rings. The molecule has 156 valence electrons. The maximum Gasteiger partial charge on any atom is 0.253 e. The van der Waals surface area contributed by atoms with Gasteiger partial charge in [0.25, 0.3) is 5.91 Å². The van der Waals surface area contributed by atoms with Gasteiger partial charge in [-0.3, -0.25) is 9.59 Å². The third-order valence-electron chi connectivity index (χ3n) is 5.83. The highest BCUT2D eigenvalue weighted by Crippen LogP contribution is 2.44. The molecule has 0 N–H and O–H groups in total. The normalized spacial score (nSPS) is 18.2. The van der Waals surface area contributed by atoms with Gasteiger partial charge < -0.3 is 14.5 Å². The van der Waals surface area contributed by atoms with Crippen molar-refractivity contribution in [2.75, 3.05) is 32.5 Å². The Balaban J connectivity index is 1.40. The van der Waals surface area contributed by atoms with Crippen molar-refractivity contribution in [3.63, 3.8) is 0 Å². The molecule has 2 heterocycles. The van der Waals surface area contributed by atoms with Crippen molar-refractivity contribution in [3.8, 4) is 5.75 Å². The Kier molecular flexibility index (Phi) is 6.13. The van der Waals surface area contributed by atoms with Crippen LogP contribution in [-0.4, -0.2) is 59.0 Å². The van der Waals surface area contributed by atoms with Crippen LogP contribution in [-0.2, 0) is 4.79 Å². The predicted molar refractivity (Wildman–Crippen MR) is 121 cm³/mol. The van der Waals surface area contributed by atoms with Crippen LogP contribution in [0.15, 0.2) is 60.7 Å². The summed E-state index contributed by atoms with van der Waals surface area (Å²) in [6.45, 7) is 2.07. The molecule has 6 heteroatoms. The van der Waals surface area contributed by atoms with Crippen LogP contribution in [0.3, 0.4) is 0 Å². The number of likely N-dealkylation sites (tertiary alicyclic amines) is 1. The minimum atomic E-state index is -0.200. The molecule has 0 radical (unpaired) electrons. The van der Waals surface area contributed by atoms with Crippen molar-refractivity contribution in [1.29, 1.82) is 0 Å². The Hall–Kier alpha value is -2.73. The van der Waals surface area contributed by atoms with Gasteiger partial charge in [0.15, 0.2) is 0 Å². The first-order valence-corrected chi connectivity index (χ1v) is 11.2. The van der Waals surface area contributed by atoms with Crippen LogP contribution >= 0.6 is 11.8 Å². The number of amides is 2. The highest BCUT2D eigenvalue weighted by Gasteiger charge is 2.46. The van der Waals surface area contributed by atoms with E-state index < -0.39 is 0 Å². The van der Waals surface area contributed by atoms with Gasteiger partial charge in [-0.2, -0.15) is 0 Å². The van der Waals surface area contributed by atoms with Crippen LogP contribution in [0.1, 0.15) is 28.8 Å². The summed E-state index contributed by atoms with van der Waals surface area (Å²) in [5.74, 6) is 1.78. The van der Waals surface area contributed by atoms with Crippen LogP contribution in [0, 0.1) is 0 Å². The van der Waals surface area contributed by atoms with Crippen molar-refractivity contribution in [1.82, 2.24) is 9.80 Å². The monoisotopic (exact) mass is 422 g/mol. The van der Waals surface area contributed by atoms with E-state index in [0.717, 1.165) is 36.5 Å². The van der Waals surface area contributed by atoms with Crippen molar-refractivity contribution in [2.45, 2.75) is 17.7 Å². The van der Waals surface area contributed by atoms with Gasteiger partial charge in [-0.1, -0.05) is 30.3 Å². The molecule has 2 amide bonds. The molecular formula is C24H26N2O3S. The number of piperidine rings is 1. The number of thioether (sulfide) groups is 1. The summed E-state index contributed by atoms with van der Waals surface area (Å²) in [4.78, 5) is 29.5. The van der Waals surface area contributed by atoms with Crippen LogP contribution in [0.5, 0.6) is 5.75 Å². The molecule has 0 unspecified atom stereocenters. The number of rotatable bonds is 4. The summed E-state index contributed by atoms with van der Waals surface area (Å²) in [5.41, 5.74) is 1.69. The smallest absolute Gasteiger partial charge is 0.253 e. The molecule has 5 nitrogen and oxygen atoms in total. The lowest BCUT2D eigenvalue weighted by molar-refractivity contribution is -0.129. The third kappa shape index (κ3) is 4.24. The Bertz CT molecular complexity index is 919. The number of methoxy groups -OCH3 is 1. The number of carbonyl (C=O) groups is 2. The lowest BCUT2D eigenvalue weighted by atomic mass is 10.0. The molecule has 2 aromatic rings. The fourth-order valence-corrected chi connectivity index (χ4v) is 5.59. The maximum atomic E-state index is 12.9. The Morgan fingerprint density at radius 3 is 2.37 bits per heavy atom. The van der Waals surface area contributed by atoms with Crippen LogP contribution < -0.4 is 4.74 Å². The largest absolute Gasteiger partial charge is 0.497 e. The van der Waals surface area contributed by atoms with E-state index in [1.807, 2.05) is 70.1 Å². The first kappa shape index (κ1) is 20.5. The quantitative estimate of drug-likeness (QED) is 0.701. The minimum absolute atomic E-state index is 0.0392. The van der Waals surface area contributed by atoms with E-state index in [2.05, 4.69) is 0 Å². The Labute approximate surface area is 181 Å². The van der Waals surface area contributed by atoms with Crippen molar-refractivity contribution in [3.05, 3.63) is 71.8 Å². The average molecular weight is 423 g/mol. The van der Waals surface area contributed by atoms with Crippen LogP contribution in [0.4, 0.5) is 0 Å². The number of hydrogen-bond donors (Lipinski definition) is 0. The molecule has 30 heavy (non-hydrogen) atoms. The molecule has 0 saturated carbocycles. The van der Waals surface area contributed by atoms with E-state index >= 15 is 0 Å². The van der Waals surface area contributed by atoms with Gasteiger partial charge in [-0.25, -0.2) is 0 Å². The molecule has 2 fully saturated rings. The summed E-state index contributed by atoms with van der Waals surface area (Å²) < 4.78 is 5.17. The average Bonchev–Trinajstić information content (AvgIpc) is 3.21. The van der Waals surface area contributed by atoms with Crippen molar-refractivity contribution in [2.24, 2.45) is 0 Å². The Morgan fingerprint density at radius 1 is 1.00 bits per heavy atom. The summed E-state index contributed by atoms with van der Waals surface area (Å²) in [6.07, 6.45) is 5.15. The minimum Gasteiger partial charge on any atom is -0.497 e. The van der Waals surface area contributed by atoms with Gasteiger partial charge in [0.1, 0.15) is 5.75 Å². The van der Waals surface area contributed by atoms with Gasteiger partial charge in [-0.05, 0) is 48.7 Å². The number of ether oxygens (including phenoxy) is 1. The lowest BCUT2D eigenvalue weighted by Gasteiger charge is -2.43. The number of hydrogen-bond acceptors (Lipinski definition) is 4. The van der Waals surface area contributed by atoms with Crippen LogP contribution in [0.25, 0.3) is 6.08 Å². The molecule has 0 aromatic heterocycles. The number of carbonyl (C=O) groups excluding carboxylic acids is 2. The summed E-state index contributed by atoms with van der Waals surface area (Å²) in [5, 5.41) is 0. The Morgan fingerprint density at radius 2 is 1.70 bits per heavy atom. The van der Waals surface area contributed by atoms with E-state index in [1.54, 1.807) is 25.3 Å². The van der Waals surface area contributed by atoms with Gasteiger partial charge in [-0.15, -0.1) is 11.8 Å². The molecule has 0 bridgehead atoms. The molecule has 1 spiro atoms. The molecule has 0 atom stereocenters. The topological polar surface area (TPSA) is 49.9 Å². The second kappa shape index (κ2) is 8.96. The predicted octanol–water partition coefficient (Wildman–Crippen LogP) is 3.92. The number of benzene rings is 2. The second-order valence-corrected chi connectivity index (χ2v) is 9.01. The first-order chi connectivity index (χ1) is 14.6. The molecule has 2 aromatic carbocycles. The summed E-state index contributed by atoms with van der Waals surface area (Å²) in [7, 11) is 1.61. The van der Waals surface area contributed by atoms with Gasteiger partial charge >= 0.3 is 0 Å². The molecular weight excluding hydrogens is 396 g/mol. The van der Waals surface area contributed by atoms with E-state index in [-0.39, 0.29) is 16.7 Å². The standard InChI is InChI=1S/C24H26N2O3S/c1-29-21-10-8-20(9-11-21)23(28)25-15-13-24(14-16-25)26(17-18-30-24)22(27)12-7-19-5-3-2-4-6-19/h2-12H,13-18H2,1H3. The van der Waals surface area contributed by atoms with Crippen molar-refractivity contribution >= 4 is 29.7 Å². The second-order valence-electron chi connectivity index (χ2n) is 7.55. The highest BCUT2D eigenvalue weighted by atomic mass is 32.2. The molecule has 2 saturated heterocycles. The van der Waals surface area contributed by atoms with Gasteiger partial charge in [0, 0.05) is 37.0 Å². The zero-order valence-corrected chi connectivity index (χ0v) is 17.9. The van der Waals surface area contributed by atoms with E-state index in [4.69, 9.17) is 4.74 Å². The highest BCUT2D eigenvalue weighted by molar-refractivity contribution is 8.00. The fraction of sp³-hybridized carbons (Fsp3) is 0.333. The summed E-state index contributed by atoms with van der Waals surface area (Å²) in [6, 6.07) is 17.1. The molecule has 2 aliphatic heterocycles. The zero-order valence-electron chi connectivity index (χ0n) is 17.1. The van der Waals surface area contributed by atoms with E-state index in [1.165, 1.54) is 0 Å². The third-order valence-corrected chi connectivity index (χ3v) is 7.38. The number of nitrogens with zero attached hydrogens (tertiary/aromatic N) is 2. The fourth-order valence-electron chi connectivity index (χ4n) is 4.13. The van der Waals surface area contributed by atoms with Gasteiger partial charge in [0.05, 0.1) is 12.0 Å². The molecule has 4 rings (SSSR count). The van der Waals surface area contributed by atoms with Gasteiger partial charge in [0.2, 0.25) is 5.91 Å². The van der Waals surface area contributed by atoms with Crippen molar-refractivity contribution < 1.29 is 14.3 Å². The lowest BCUT2D eigenvalue weighted by Crippen LogP contribution is -2.53. The van der Waals surface area contributed by atoms with E-state index in [0.29, 0.717) is 18.7 Å². The first-order valence-electron chi connectivity index (χ1n) is 10.2. The maximum absolute atomic E-state index is 12.9. The molecule has 0 aliphatic carbocycles. The van der Waals surface area contributed by atoms with Crippen LogP contribution in [0.2, 0.25) is 0 Å². The summed E-state index contributed by atoms with van der Waals surface area (Å²) >= 11 is 1.85.